The number of nitrogens with one attached hydrogen (secondary N) is 3. The molecule has 2 aromatic rings. The number of carbonyl (C=O) groups is 3. The largest absolute Gasteiger partial charge is 0.444 e. The van der Waals surface area contributed by atoms with Crippen molar-refractivity contribution in [2.45, 2.75) is 32.8 Å². The molecule has 0 unspecified atom stereocenters. The fourth-order valence-electron chi connectivity index (χ4n) is 2.41. The van der Waals surface area contributed by atoms with Crippen molar-refractivity contribution in [1.82, 2.24) is 5.32 Å². The Morgan fingerprint density at radius 2 is 1.58 bits per heavy atom. The molecule has 0 aliphatic heterocycles. The molecule has 0 aromatic heterocycles. The first-order chi connectivity index (χ1) is 14.6. The van der Waals surface area contributed by atoms with Crippen molar-refractivity contribution in [1.29, 1.82) is 0 Å². The minimum absolute atomic E-state index is 0.109. The summed E-state index contributed by atoms with van der Waals surface area (Å²) in [5.41, 5.74) is 1.50. The third kappa shape index (κ3) is 9.48. The van der Waals surface area contributed by atoms with Crippen molar-refractivity contribution in [3.63, 3.8) is 0 Å². The molecule has 7 nitrogen and oxygen atoms in total. The van der Waals surface area contributed by atoms with Crippen LogP contribution in [0.15, 0.2) is 59.1 Å². The van der Waals surface area contributed by atoms with Crippen molar-refractivity contribution < 1.29 is 19.1 Å². The van der Waals surface area contributed by atoms with E-state index in [1.165, 1.54) is 6.08 Å². The predicted octanol–water partition coefficient (Wildman–Crippen LogP) is 4.95. The van der Waals surface area contributed by atoms with Crippen molar-refractivity contribution in [2.75, 3.05) is 17.2 Å². The Morgan fingerprint density at radius 3 is 2.19 bits per heavy atom. The van der Waals surface area contributed by atoms with Crippen LogP contribution >= 0.6 is 15.9 Å². The Hall–Kier alpha value is -3.13. The van der Waals surface area contributed by atoms with E-state index in [-0.39, 0.29) is 24.8 Å². The lowest BCUT2D eigenvalue weighted by Crippen LogP contribution is -2.34. The van der Waals surface area contributed by atoms with Gasteiger partial charge in [0.1, 0.15) is 5.60 Å². The van der Waals surface area contributed by atoms with Crippen LogP contribution in [0.4, 0.5) is 16.2 Å². The second kappa shape index (κ2) is 11.3. The number of ether oxygens (including phenoxy) is 1. The van der Waals surface area contributed by atoms with Gasteiger partial charge in [-0.1, -0.05) is 34.1 Å². The molecule has 3 amide bonds. The number of hydrogen-bond donors (Lipinski definition) is 3. The van der Waals surface area contributed by atoms with Gasteiger partial charge in [-0.3, -0.25) is 9.59 Å². The van der Waals surface area contributed by atoms with Gasteiger partial charge in [-0.2, -0.15) is 0 Å². The van der Waals surface area contributed by atoms with Gasteiger partial charge in [0.05, 0.1) is 0 Å². The van der Waals surface area contributed by atoms with Gasteiger partial charge in [-0.25, -0.2) is 4.79 Å². The van der Waals surface area contributed by atoms with Crippen molar-refractivity contribution in [2.24, 2.45) is 0 Å². The first-order valence-corrected chi connectivity index (χ1v) is 10.5. The summed E-state index contributed by atoms with van der Waals surface area (Å²) in [6, 6.07) is 14.4. The van der Waals surface area contributed by atoms with E-state index in [2.05, 4.69) is 31.9 Å². The van der Waals surface area contributed by atoms with E-state index in [0.29, 0.717) is 11.4 Å². The van der Waals surface area contributed by atoms with Crippen LogP contribution in [0.3, 0.4) is 0 Å². The fourth-order valence-corrected chi connectivity index (χ4v) is 2.83. The Balaban J connectivity index is 1.77. The Kier molecular flexibility index (Phi) is 8.81. The quantitative estimate of drug-likeness (QED) is 0.481. The SMILES string of the molecule is CC(C)(C)OC(=O)NCCC(=O)Nc1ccc(NC(=O)/C=C/c2ccccc2Br)cc1. The van der Waals surface area contributed by atoms with E-state index in [1.54, 1.807) is 51.1 Å². The molecule has 0 heterocycles. The number of halogens is 1. The van der Waals surface area contributed by atoms with E-state index in [4.69, 9.17) is 4.74 Å². The molecular formula is C23H26BrN3O4. The van der Waals surface area contributed by atoms with Crippen LogP contribution in [0.1, 0.15) is 32.8 Å². The molecule has 0 aliphatic carbocycles. The third-order valence-electron chi connectivity index (χ3n) is 3.78. The van der Waals surface area contributed by atoms with Gasteiger partial charge in [0, 0.05) is 34.9 Å². The first kappa shape index (κ1) is 24.1. The van der Waals surface area contributed by atoms with Crippen LogP contribution in [0, 0.1) is 0 Å². The number of hydrogen-bond acceptors (Lipinski definition) is 4. The number of benzene rings is 2. The second-order valence-corrected chi connectivity index (χ2v) is 8.50. The predicted molar refractivity (Wildman–Crippen MR) is 126 cm³/mol. The van der Waals surface area contributed by atoms with Gasteiger partial charge in [-0.05, 0) is 62.7 Å². The number of rotatable bonds is 7. The van der Waals surface area contributed by atoms with E-state index >= 15 is 0 Å². The third-order valence-corrected chi connectivity index (χ3v) is 4.50. The van der Waals surface area contributed by atoms with Crippen LogP contribution in [-0.2, 0) is 14.3 Å². The maximum atomic E-state index is 12.1. The Morgan fingerprint density at radius 1 is 0.968 bits per heavy atom. The zero-order valence-electron chi connectivity index (χ0n) is 17.7. The summed E-state index contributed by atoms with van der Waals surface area (Å²) in [6.45, 7) is 5.47. The standard InChI is InChI=1S/C23H26BrN3O4/c1-23(2,3)31-22(30)25-15-14-21(29)27-18-11-9-17(10-12-18)26-20(28)13-8-16-6-4-5-7-19(16)24/h4-13H,14-15H2,1-3H3,(H,25,30)(H,26,28)(H,27,29)/b13-8+. The number of anilines is 2. The molecule has 0 spiro atoms. The van der Waals surface area contributed by atoms with Crippen molar-refractivity contribution >= 4 is 51.3 Å². The zero-order valence-corrected chi connectivity index (χ0v) is 19.3. The van der Waals surface area contributed by atoms with Crippen LogP contribution in [0.25, 0.3) is 6.08 Å². The molecule has 0 fully saturated rings. The van der Waals surface area contributed by atoms with Crippen molar-refractivity contribution in [3.8, 4) is 0 Å². The first-order valence-electron chi connectivity index (χ1n) is 9.73. The molecule has 31 heavy (non-hydrogen) atoms. The smallest absolute Gasteiger partial charge is 0.407 e. The highest BCUT2D eigenvalue weighted by Gasteiger charge is 2.15. The maximum Gasteiger partial charge on any atom is 0.407 e. The molecular weight excluding hydrogens is 462 g/mol. The summed E-state index contributed by atoms with van der Waals surface area (Å²) >= 11 is 3.43. The lowest BCUT2D eigenvalue weighted by molar-refractivity contribution is -0.116. The zero-order chi connectivity index (χ0) is 22.9. The maximum absolute atomic E-state index is 12.1. The number of alkyl carbamates (subject to hydrolysis) is 1. The van der Waals surface area contributed by atoms with Crippen LogP contribution in [0.5, 0.6) is 0 Å². The summed E-state index contributed by atoms with van der Waals surface area (Å²) in [5, 5.41) is 8.03. The molecule has 0 aliphatic rings. The summed E-state index contributed by atoms with van der Waals surface area (Å²) in [5.74, 6) is -0.509. The Labute approximate surface area is 190 Å². The second-order valence-electron chi connectivity index (χ2n) is 7.65. The van der Waals surface area contributed by atoms with E-state index in [9.17, 15) is 14.4 Å². The highest BCUT2D eigenvalue weighted by atomic mass is 79.9. The lowest BCUT2D eigenvalue weighted by atomic mass is 10.2. The number of amides is 3. The monoisotopic (exact) mass is 487 g/mol. The summed E-state index contributed by atoms with van der Waals surface area (Å²) in [4.78, 5) is 35.7. The van der Waals surface area contributed by atoms with E-state index in [0.717, 1.165) is 10.0 Å². The summed E-state index contributed by atoms with van der Waals surface area (Å²) in [7, 11) is 0. The number of carbonyl (C=O) groups excluding carboxylic acids is 3. The summed E-state index contributed by atoms with van der Waals surface area (Å²) in [6.07, 6.45) is 2.72. The average Bonchev–Trinajstić information content (AvgIpc) is 2.67. The lowest BCUT2D eigenvalue weighted by Gasteiger charge is -2.19. The van der Waals surface area contributed by atoms with Gasteiger partial charge in [-0.15, -0.1) is 0 Å². The molecule has 0 atom stereocenters. The molecule has 0 saturated carbocycles. The van der Waals surface area contributed by atoms with Crippen LogP contribution in [-0.4, -0.2) is 30.1 Å². The molecule has 8 heteroatoms. The minimum atomic E-state index is -0.586. The van der Waals surface area contributed by atoms with Crippen molar-refractivity contribution in [3.05, 3.63) is 64.6 Å². The van der Waals surface area contributed by atoms with Gasteiger partial charge in [0.2, 0.25) is 11.8 Å². The highest BCUT2D eigenvalue weighted by molar-refractivity contribution is 9.10. The van der Waals surface area contributed by atoms with Crippen LogP contribution < -0.4 is 16.0 Å². The summed E-state index contributed by atoms with van der Waals surface area (Å²) < 4.78 is 6.01. The van der Waals surface area contributed by atoms with Crippen LogP contribution in [0.2, 0.25) is 0 Å². The molecule has 0 radical (unpaired) electrons. The van der Waals surface area contributed by atoms with Gasteiger partial charge in [0.25, 0.3) is 0 Å². The molecule has 164 valence electrons. The van der Waals surface area contributed by atoms with Gasteiger partial charge < -0.3 is 20.7 Å². The molecule has 0 saturated heterocycles. The normalized spacial score (nSPS) is 11.1. The molecule has 3 N–H and O–H groups in total. The van der Waals surface area contributed by atoms with Gasteiger partial charge in [0.15, 0.2) is 0 Å². The minimum Gasteiger partial charge on any atom is -0.444 e. The van der Waals surface area contributed by atoms with E-state index in [1.807, 2.05) is 24.3 Å². The molecule has 0 bridgehead atoms. The average molecular weight is 488 g/mol. The highest BCUT2D eigenvalue weighted by Crippen LogP contribution is 2.18. The molecule has 2 rings (SSSR count). The fraction of sp³-hybridized carbons (Fsp3) is 0.261. The molecule has 2 aromatic carbocycles. The Bertz CT molecular complexity index is 950. The topological polar surface area (TPSA) is 96.5 Å². The van der Waals surface area contributed by atoms with E-state index < -0.39 is 11.7 Å². The van der Waals surface area contributed by atoms with Gasteiger partial charge >= 0.3 is 6.09 Å².